The van der Waals surface area contributed by atoms with E-state index in [9.17, 15) is 14.4 Å². The van der Waals surface area contributed by atoms with Gasteiger partial charge in [0.2, 0.25) is 5.91 Å². The summed E-state index contributed by atoms with van der Waals surface area (Å²) in [5, 5.41) is 11.8. The summed E-state index contributed by atoms with van der Waals surface area (Å²) in [6.45, 7) is 2.23. The maximum atomic E-state index is 13.0. The molecule has 0 spiro atoms. The van der Waals surface area contributed by atoms with Crippen molar-refractivity contribution in [3.05, 3.63) is 89.5 Å². The minimum Gasteiger partial charge on any atom is -0.478 e. The number of carbonyl (C=O) groups is 3. The van der Waals surface area contributed by atoms with E-state index in [0.29, 0.717) is 12.1 Å². The van der Waals surface area contributed by atoms with Crippen LogP contribution >= 0.6 is 0 Å². The van der Waals surface area contributed by atoms with E-state index in [1.54, 1.807) is 19.2 Å². The van der Waals surface area contributed by atoms with E-state index in [4.69, 9.17) is 9.84 Å². The van der Waals surface area contributed by atoms with Crippen LogP contribution in [0.3, 0.4) is 0 Å². The normalized spacial score (nSPS) is 12.9. The molecule has 7 heteroatoms. The van der Waals surface area contributed by atoms with E-state index >= 15 is 0 Å². The highest BCUT2D eigenvalue weighted by atomic mass is 16.5. The molecule has 3 aromatic rings. The van der Waals surface area contributed by atoms with Crippen LogP contribution in [0.25, 0.3) is 11.1 Å². The molecule has 0 saturated heterocycles. The van der Waals surface area contributed by atoms with E-state index in [1.807, 2.05) is 31.2 Å². The molecule has 0 radical (unpaired) electrons. The first-order valence-electron chi connectivity index (χ1n) is 11.6. The van der Waals surface area contributed by atoms with Crippen LogP contribution in [0.2, 0.25) is 0 Å². The molecular formula is C28H28N2O5. The molecule has 0 fully saturated rings. The highest BCUT2D eigenvalue weighted by molar-refractivity contribution is 5.95. The van der Waals surface area contributed by atoms with Crippen molar-refractivity contribution in [1.82, 2.24) is 5.32 Å². The number of aromatic carboxylic acids is 1. The molecule has 0 aliphatic heterocycles. The van der Waals surface area contributed by atoms with Crippen LogP contribution in [0.5, 0.6) is 0 Å². The number of nitrogens with one attached hydrogen (secondary N) is 1. The third-order valence-electron chi connectivity index (χ3n) is 6.51. The van der Waals surface area contributed by atoms with Crippen molar-refractivity contribution in [1.29, 1.82) is 0 Å². The van der Waals surface area contributed by atoms with Crippen LogP contribution in [-0.4, -0.2) is 43.3 Å². The summed E-state index contributed by atoms with van der Waals surface area (Å²) in [6, 6.07) is 22.4. The standard InChI is InChI=1S/C28H28N2O5/c1-3-18(26(31)30(2)20-14-12-19(13-15-20)27(32)33)16-29-28(34)35-17-25-23-10-6-4-8-21(23)22-9-5-7-11-24(22)25/h4-15,18,25H,3,16-17H2,1-2H3,(H,29,34)(H,32,33). The Labute approximate surface area is 204 Å². The van der Waals surface area contributed by atoms with Gasteiger partial charge in [-0.1, -0.05) is 55.5 Å². The number of nitrogens with zero attached hydrogens (tertiary/aromatic N) is 1. The Morgan fingerprint density at radius 3 is 2.06 bits per heavy atom. The van der Waals surface area contributed by atoms with Crippen LogP contribution < -0.4 is 10.2 Å². The van der Waals surface area contributed by atoms with Gasteiger partial charge in [0, 0.05) is 25.2 Å². The predicted molar refractivity (Wildman–Crippen MR) is 134 cm³/mol. The summed E-state index contributed by atoms with van der Waals surface area (Å²) >= 11 is 0. The van der Waals surface area contributed by atoms with Crippen molar-refractivity contribution in [2.45, 2.75) is 19.3 Å². The van der Waals surface area contributed by atoms with Crippen LogP contribution in [-0.2, 0) is 9.53 Å². The van der Waals surface area contributed by atoms with Crippen LogP contribution in [0.15, 0.2) is 72.8 Å². The quantitative estimate of drug-likeness (QED) is 0.486. The molecule has 0 heterocycles. The monoisotopic (exact) mass is 472 g/mol. The van der Waals surface area contributed by atoms with E-state index in [0.717, 1.165) is 22.3 Å². The number of hydrogen-bond acceptors (Lipinski definition) is 4. The van der Waals surface area contributed by atoms with Crippen molar-refractivity contribution >= 4 is 23.7 Å². The summed E-state index contributed by atoms with van der Waals surface area (Å²) in [4.78, 5) is 38.0. The highest BCUT2D eigenvalue weighted by Gasteiger charge is 2.29. The molecular weight excluding hydrogens is 444 g/mol. The van der Waals surface area contributed by atoms with Gasteiger partial charge < -0.3 is 20.1 Å². The number of fused-ring (bicyclic) bond motifs is 3. The zero-order chi connectivity index (χ0) is 24.9. The smallest absolute Gasteiger partial charge is 0.407 e. The summed E-state index contributed by atoms with van der Waals surface area (Å²) in [5.74, 6) is -1.67. The van der Waals surface area contributed by atoms with E-state index in [1.165, 1.54) is 17.0 Å². The molecule has 0 bridgehead atoms. The molecule has 1 atom stereocenters. The van der Waals surface area contributed by atoms with E-state index in [-0.39, 0.29) is 30.5 Å². The predicted octanol–water partition coefficient (Wildman–Crippen LogP) is 4.91. The second kappa shape index (κ2) is 10.4. The first-order chi connectivity index (χ1) is 16.9. The number of benzene rings is 3. The van der Waals surface area contributed by atoms with Crippen LogP contribution in [0, 0.1) is 5.92 Å². The van der Waals surface area contributed by atoms with Crippen LogP contribution in [0.4, 0.5) is 10.5 Å². The van der Waals surface area contributed by atoms with Crippen molar-refractivity contribution in [3.8, 4) is 11.1 Å². The summed E-state index contributed by atoms with van der Waals surface area (Å²) in [7, 11) is 1.63. The lowest BCUT2D eigenvalue weighted by molar-refractivity contribution is -0.122. The molecule has 2 N–H and O–H groups in total. The van der Waals surface area contributed by atoms with Gasteiger partial charge in [-0.15, -0.1) is 0 Å². The van der Waals surface area contributed by atoms with Gasteiger partial charge in [0.1, 0.15) is 6.61 Å². The average molecular weight is 473 g/mol. The molecule has 1 aliphatic rings. The number of hydrogen-bond donors (Lipinski definition) is 2. The fraction of sp³-hybridized carbons (Fsp3) is 0.250. The van der Waals surface area contributed by atoms with Gasteiger partial charge in [0.05, 0.1) is 11.5 Å². The molecule has 7 nitrogen and oxygen atoms in total. The first kappa shape index (κ1) is 24.0. The SMILES string of the molecule is CCC(CNC(=O)OCC1c2ccccc2-c2ccccc21)C(=O)N(C)c1ccc(C(=O)O)cc1. The molecule has 180 valence electrons. The Bertz CT molecular complexity index is 1190. The molecule has 0 aromatic heterocycles. The maximum Gasteiger partial charge on any atom is 0.407 e. The fourth-order valence-electron chi connectivity index (χ4n) is 4.49. The van der Waals surface area contributed by atoms with Crippen LogP contribution in [0.1, 0.15) is 40.7 Å². The number of carboxylic acids is 1. The third-order valence-corrected chi connectivity index (χ3v) is 6.51. The summed E-state index contributed by atoms with van der Waals surface area (Å²) in [5.41, 5.74) is 5.33. The zero-order valence-corrected chi connectivity index (χ0v) is 19.7. The third kappa shape index (κ3) is 5.04. The Morgan fingerprint density at radius 2 is 1.51 bits per heavy atom. The molecule has 0 saturated carbocycles. The number of rotatable bonds is 8. The van der Waals surface area contributed by atoms with Gasteiger partial charge in [-0.05, 0) is 52.9 Å². The lowest BCUT2D eigenvalue weighted by Gasteiger charge is -2.23. The fourth-order valence-corrected chi connectivity index (χ4v) is 4.49. The molecule has 35 heavy (non-hydrogen) atoms. The second-order valence-electron chi connectivity index (χ2n) is 8.56. The van der Waals surface area contributed by atoms with Gasteiger partial charge in [-0.2, -0.15) is 0 Å². The molecule has 4 rings (SSSR count). The largest absolute Gasteiger partial charge is 0.478 e. The number of anilines is 1. The zero-order valence-electron chi connectivity index (χ0n) is 19.7. The maximum absolute atomic E-state index is 13.0. The lowest BCUT2D eigenvalue weighted by Crippen LogP contribution is -2.40. The number of carbonyl (C=O) groups excluding carboxylic acids is 2. The molecule has 3 aromatic carbocycles. The average Bonchev–Trinajstić information content (AvgIpc) is 3.21. The van der Waals surface area contributed by atoms with Gasteiger partial charge in [0.15, 0.2) is 0 Å². The van der Waals surface area contributed by atoms with Gasteiger partial charge in [0.25, 0.3) is 0 Å². The Morgan fingerprint density at radius 1 is 0.943 bits per heavy atom. The molecule has 1 unspecified atom stereocenters. The van der Waals surface area contributed by atoms with E-state index in [2.05, 4.69) is 29.6 Å². The number of amides is 2. The van der Waals surface area contributed by atoms with Crippen molar-refractivity contribution in [2.24, 2.45) is 5.92 Å². The van der Waals surface area contributed by atoms with Crippen molar-refractivity contribution in [3.63, 3.8) is 0 Å². The number of alkyl carbamates (subject to hydrolysis) is 1. The van der Waals surface area contributed by atoms with E-state index < -0.39 is 18.0 Å². The van der Waals surface area contributed by atoms with Crippen molar-refractivity contribution in [2.75, 3.05) is 25.1 Å². The van der Waals surface area contributed by atoms with Crippen molar-refractivity contribution < 1.29 is 24.2 Å². The van der Waals surface area contributed by atoms with Gasteiger partial charge in [-0.25, -0.2) is 9.59 Å². The Kier molecular flexibility index (Phi) is 7.15. The number of ether oxygens (including phenoxy) is 1. The summed E-state index contributed by atoms with van der Waals surface area (Å²) < 4.78 is 5.56. The summed E-state index contributed by atoms with van der Waals surface area (Å²) in [6.07, 6.45) is -0.0355. The minimum absolute atomic E-state index is 0.0309. The molecule has 1 aliphatic carbocycles. The second-order valence-corrected chi connectivity index (χ2v) is 8.56. The van der Waals surface area contributed by atoms with Gasteiger partial charge in [-0.3, -0.25) is 4.79 Å². The highest BCUT2D eigenvalue weighted by Crippen LogP contribution is 2.44. The Hall–Kier alpha value is -4.13. The number of carboxylic acid groups (broad SMARTS) is 1. The first-order valence-corrected chi connectivity index (χ1v) is 11.6. The van der Waals surface area contributed by atoms with Gasteiger partial charge >= 0.3 is 12.1 Å². The molecule has 2 amide bonds. The minimum atomic E-state index is -1.02. The lowest BCUT2D eigenvalue weighted by atomic mass is 9.98. The topological polar surface area (TPSA) is 95.9 Å². The Balaban J connectivity index is 1.34.